The average Bonchev–Trinajstić information content (AvgIpc) is 3.20. The maximum Gasteiger partial charge on any atom is 0.352 e. The van der Waals surface area contributed by atoms with Crippen molar-refractivity contribution in [2.24, 2.45) is 0 Å². The molecule has 2 heterocycles. The van der Waals surface area contributed by atoms with Gasteiger partial charge in [-0.15, -0.1) is 0 Å². The minimum Gasteiger partial charge on any atom is -0.478 e. The van der Waals surface area contributed by atoms with Crippen molar-refractivity contribution in [2.45, 2.75) is 37.6 Å². The van der Waals surface area contributed by atoms with E-state index in [0.29, 0.717) is 12.5 Å². The maximum atomic E-state index is 11.8. The van der Waals surface area contributed by atoms with Crippen LogP contribution in [0.15, 0.2) is 36.0 Å². The number of carboxylic acid groups (broad SMARTS) is 2. The predicted octanol–water partition coefficient (Wildman–Crippen LogP) is 2.47. The van der Waals surface area contributed by atoms with Gasteiger partial charge in [-0.3, -0.25) is 15.0 Å². The SMILES string of the molecule is O=C(O)/C=C(\C(=O)O)N(CCC12CCCN1CCC2)c1ccccc1[N+](=O)[O-]. The molecule has 1 aromatic carbocycles. The predicted molar refractivity (Wildman–Crippen MR) is 101 cm³/mol. The standard InChI is InChI=1S/C19H23N3O6/c23-17(24)13-16(18(25)26)21(14-5-1-2-6-15(14)22(27)28)12-9-19-7-3-10-20(19)11-4-8-19/h1-2,5-6,13H,3-4,7-12H2,(H,23,24)(H,25,26)/b16-13+. The van der Waals surface area contributed by atoms with E-state index < -0.39 is 22.6 Å². The van der Waals surface area contributed by atoms with Crippen molar-refractivity contribution in [2.75, 3.05) is 24.5 Å². The summed E-state index contributed by atoms with van der Waals surface area (Å²) in [6.07, 6.45) is 5.36. The zero-order valence-electron chi connectivity index (χ0n) is 15.4. The molecule has 0 spiro atoms. The molecule has 9 heteroatoms. The summed E-state index contributed by atoms with van der Waals surface area (Å²) >= 11 is 0. The minimum atomic E-state index is -1.44. The molecule has 2 aliphatic heterocycles. The van der Waals surface area contributed by atoms with Crippen molar-refractivity contribution in [1.82, 2.24) is 4.90 Å². The Balaban J connectivity index is 1.99. The quantitative estimate of drug-likeness (QED) is 0.395. The van der Waals surface area contributed by atoms with Crippen LogP contribution in [-0.4, -0.2) is 57.1 Å². The molecule has 9 nitrogen and oxygen atoms in total. The first-order valence-electron chi connectivity index (χ1n) is 9.28. The summed E-state index contributed by atoms with van der Waals surface area (Å²) in [5, 5.41) is 30.2. The molecule has 0 aromatic heterocycles. The van der Waals surface area contributed by atoms with E-state index in [1.165, 1.54) is 23.1 Å². The van der Waals surface area contributed by atoms with Crippen molar-refractivity contribution in [1.29, 1.82) is 0 Å². The molecule has 0 aliphatic carbocycles. The molecular formula is C19H23N3O6. The van der Waals surface area contributed by atoms with E-state index in [9.17, 15) is 24.8 Å². The second kappa shape index (κ2) is 7.97. The molecule has 0 unspecified atom stereocenters. The number of fused-ring (bicyclic) bond motifs is 1. The van der Waals surface area contributed by atoms with Crippen molar-refractivity contribution in [3.05, 3.63) is 46.2 Å². The van der Waals surface area contributed by atoms with Crippen molar-refractivity contribution < 1.29 is 24.7 Å². The molecule has 2 aliphatic rings. The van der Waals surface area contributed by atoms with Crippen LogP contribution in [0.2, 0.25) is 0 Å². The fourth-order valence-corrected chi connectivity index (χ4v) is 4.54. The smallest absolute Gasteiger partial charge is 0.352 e. The summed E-state index contributed by atoms with van der Waals surface area (Å²) in [6, 6.07) is 5.81. The van der Waals surface area contributed by atoms with Gasteiger partial charge in [-0.25, -0.2) is 9.59 Å². The molecule has 1 aromatic rings. The number of benzene rings is 1. The third kappa shape index (κ3) is 3.84. The van der Waals surface area contributed by atoms with E-state index in [-0.39, 0.29) is 23.5 Å². The number of nitro benzene ring substituents is 1. The number of carboxylic acids is 2. The highest BCUT2D eigenvalue weighted by Gasteiger charge is 2.44. The summed E-state index contributed by atoms with van der Waals surface area (Å²) in [6.45, 7) is 2.19. The van der Waals surface area contributed by atoms with Gasteiger partial charge >= 0.3 is 11.9 Å². The second-order valence-corrected chi connectivity index (χ2v) is 7.24. The molecule has 0 atom stereocenters. The topological polar surface area (TPSA) is 124 Å². The largest absolute Gasteiger partial charge is 0.478 e. The first-order valence-corrected chi connectivity index (χ1v) is 9.28. The van der Waals surface area contributed by atoms with Gasteiger partial charge in [-0.2, -0.15) is 0 Å². The van der Waals surface area contributed by atoms with Crippen LogP contribution < -0.4 is 4.90 Å². The Hall–Kier alpha value is -2.94. The van der Waals surface area contributed by atoms with Crippen LogP contribution in [-0.2, 0) is 9.59 Å². The summed E-state index contributed by atoms with van der Waals surface area (Å²) in [5.74, 6) is -2.85. The van der Waals surface area contributed by atoms with Gasteiger partial charge in [0.2, 0.25) is 0 Å². The van der Waals surface area contributed by atoms with Gasteiger partial charge in [0.15, 0.2) is 0 Å². The molecule has 0 radical (unpaired) electrons. The number of nitro groups is 1. The van der Waals surface area contributed by atoms with Gasteiger partial charge in [0.05, 0.1) is 11.0 Å². The number of hydrogen-bond acceptors (Lipinski definition) is 6. The molecule has 2 N–H and O–H groups in total. The highest BCUT2D eigenvalue weighted by atomic mass is 16.6. The Bertz CT molecular complexity index is 812. The van der Waals surface area contributed by atoms with Gasteiger partial charge in [0, 0.05) is 18.2 Å². The van der Waals surface area contributed by atoms with E-state index >= 15 is 0 Å². The highest BCUT2D eigenvalue weighted by Crippen LogP contribution is 2.42. The molecule has 3 rings (SSSR count). The number of carbonyl (C=O) groups is 2. The average molecular weight is 389 g/mol. The van der Waals surface area contributed by atoms with Gasteiger partial charge in [0.1, 0.15) is 11.4 Å². The lowest BCUT2D eigenvalue weighted by Gasteiger charge is -2.35. The molecule has 150 valence electrons. The molecule has 28 heavy (non-hydrogen) atoms. The van der Waals surface area contributed by atoms with E-state index in [2.05, 4.69) is 4.90 Å². The number of hydrogen-bond donors (Lipinski definition) is 2. The lowest BCUT2D eigenvalue weighted by atomic mass is 9.90. The molecule has 0 bridgehead atoms. The Kier molecular flexibility index (Phi) is 5.64. The highest BCUT2D eigenvalue weighted by molar-refractivity contribution is 5.98. The van der Waals surface area contributed by atoms with Gasteiger partial charge < -0.3 is 15.1 Å². The van der Waals surface area contributed by atoms with Crippen LogP contribution >= 0.6 is 0 Å². The normalized spacial score (nSPS) is 18.6. The van der Waals surface area contributed by atoms with E-state index in [0.717, 1.165) is 38.8 Å². The number of nitrogens with zero attached hydrogens (tertiary/aromatic N) is 3. The van der Waals surface area contributed by atoms with Gasteiger partial charge in [-0.1, -0.05) is 12.1 Å². The van der Waals surface area contributed by atoms with E-state index in [1.807, 2.05) is 0 Å². The van der Waals surface area contributed by atoms with Crippen molar-refractivity contribution in [3.63, 3.8) is 0 Å². The van der Waals surface area contributed by atoms with Crippen LogP contribution in [0.1, 0.15) is 32.1 Å². The van der Waals surface area contributed by atoms with Crippen molar-refractivity contribution >= 4 is 23.3 Å². The van der Waals surface area contributed by atoms with Crippen molar-refractivity contribution in [3.8, 4) is 0 Å². The lowest BCUT2D eigenvalue weighted by Crippen LogP contribution is -2.42. The van der Waals surface area contributed by atoms with E-state index in [1.54, 1.807) is 6.07 Å². The fourth-order valence-electron chi connectivity index (χ4n) is 4.54. The second-order valence-electron chi connectivity index (χ2n) is 7.24. The minimum absolute atomic E-state index is 0.0331. The lowest BCUT2D eigenvalue weighted by molar-refractivity contribution is -0.384. The Labute approximate surface area is 162 Å². The van der Waals surface area contributed by atoms with Crippen LogP contribution in [0.3, 0.4) is 0 Å². The summed E-state index contributed by atoms with van der Waals surface area (Å²) in [4.78, 5) is 37.6. The first-order chi connectivity index (χ1) is 13.3. The zero-order valence-corrected chi connectivity index (χ0v) is 15.4. The van der Waals surface area contributed by atoms with E-state index in [4.69, 9.17) is 5.11 Å². The van der Waals surface area contributed by atoms with Crippen LogP contribution in [0.4, 0.5) is 11.4 Å². The molecule has 2 saturated heterocycles. The summed E-state index contributed by atoms with van der Waals surface area (Å²) < 4.78 is 0. The summed E-state index contributed by atoms with van der Waals surface area (Å²) in [7, 11) is 0. The fraction of sp³-hybridized carbons (Fsp3) is 0.474. The maximum absolute atomic E-state index is 11.8. The van der Waals surface area contributed by atoms with Crippen LogP contribution in [0.5, 0.6) is 0 Å². The summed E-state index contributed by atoms with van der Waals surface area (Å²) in [5.41, 5.74) is -0.691. The number of rotatable bonds is 8. The molecular weight excluding hydrogens is 366 g/mol. The number of aliphatic carboxylic acids is 2. The zero-order chi connectivity index (χ0) is 20.3. The first kappa shape index (κ1) is 19.8. The number of anilines is 1. The molecule has 0 amide bonds. The third-order valence-corrected chi connectivity index (χ3v) is 5.75. The Morgan fingerprint density at radius 3 is 2.43 bits per heavy atom. The van der Waals surface area contributed by atoms with Crippen LogP contribution in [0.25, 0.3) is 0 Å². The molecule has 0 saturated carbocycles. The Morgan fingerprint density at radius 2 is 1.86 bits per heavy atom. The number of para-hydroxylation sites is 2. The monoisotopic (exact) mass is 389 g/mol. The Morgan fingerprint density at radius 1 is 1.21 bits per heavy atom. The van der Waals surface area contributed by atoms with Gasteiger partial charge in [-0.05, 0) is 51.3 Å². The van der Waals surface area contributed by atoms with Gasteiger partial charge in [0.25, 0.3) is 5.69 Å². The van der Waals surface area contributed by atoms with Crippen LogP contribution in [0, 0.1) is 10.1 Å². The third-order valence-electron chi connectivity index (χ3n) is 5.75. The molecule has 2 fully saturated rings.